The molecule has 9 nitrogen and oxygen atoms in total. The Labute approximate surface area is 178 Å². The monoisotopic (exact) mass is 421 g/mol. The zero-order chi connectivity index (χ0) is 22.2. The third kappa shape index (κ3) is 5.14. The maximum atomic E-state index is 11.9. The fourth-order valence-electron chi connectivity index (χ4n) is 2.90. The third-order valence-corrected chi connectivity index (χ3v) is 4.31. The first-order valence-electron chi connectivity index (χ1n) is 9.11. The number of carboxylic acids is 1. The van der Waals surface area contributed by atoms with Crippen LogP contribution in [0.5, 0.6) is 23.3 Å². The molecule has 158 valence electrons. The molecular formula is C22H19N3O6. The summed E-state index contributed by atoms with van der Waals surface area (Å²) in [6.45, 7) is 0. The largest absolute Gasteiger partial charge is 0.481 e. The summed E-state index contributed by atoms with van der Waals surface area (Å²) in [5.41, 5.74) is 0.697. The topological polar surface area (TPSA) is 124 Å². The average molecular weight is 421 g/mol. The van der Waals surface area contributed by atoms with Crippen LogP contribution < -0.4 is 9.47 Å². The molecule has 0 saturated carbocycles. The molecule has 1 heterocycles. The lowest BCUT2D eigenvalue weighted by Gasteiger charge is -2.23. The molecule has 1 unspecified atom stereocenters. The van der Waals surface area contributed by atoms with Crippen molar-refractivity contribution in [1.82, 2.24) is 9.97 Å². The van der Waals surface area contributed by atoms with Crippen molar-refractivity contribution in [3.63, 3.8) is 0 Å². The molecule has 0 aliphatic carbocycles. The van der Waals surface area contributed by atoms with Gasteiger partial charge in [0, 0.05) is 19.8 Å². The van der Waals surface area contributed by atoms with E-state index in [4.69, 9.17) is 18.9 Å². The van der Waals surface area contributed by atoms with Crippen molar-refractivity contribution in [2.24, 2.45) is 0 Å². The van der Waals surface area contributed by atoms with Gasteiger partial charge in [0.1, 0.15) is 29.8 Å². The second-order valence-electron chi connectivity index (χ2n) is 6.20. The molecule has 0 saturated heterocycles. The van der Waals surface area contributed by atoms with Crippen LogP contribution in [-0.2, 0) is 14.3 Å². The minimum atomic E-state index is -1.13. The molecule has 0 fully saturated rings. The van der Waals surface area contributed by atoms with Crippen LogP contribution in [0.25, 0.3) is 0 Å². The van der Waals surface area contributed by atoms with Gasteiger partial charge >= 0.3 is 5.97 Å². The standard InChI is InChI=1S/C22H19N3O6/c1-28-22(29-2)20(21(26)27)15-8-4-6-10-17(15)31-19-11-18(24-13-25-19)30-16-9-5-3-7-14(16)12-23/h3-11,13,20,22H,1-2H3,(H,26,27). The second-order valence-corrected chi connectivity index (χ2v) is 6.20. The number of aromatic nitrogens is 2. The minimum Gasteiger partial charge on any atom is -0.481 e. The van der Waals surface area contributed by atoms with Crippen LogP contribution in [0.3, 0.4) is 0 Å². The first-order chi connectivity index (χ1) is 15.1. The summed E-state index contributed by atoms with van der Waals surface area (Å²) in [5, 5.41) is 18.9. The molecule has 0 spiro atoms. The highest BCUT2D eigenvalue weighted by atomic mass is 16.7. The van der Waals surface area contributed by atoms with Crippen molar-refractivity contribution in [2.45, 2.75) is 12.2 Å². The van der Waals surface area contributed by atoms with Crippen LogP contribution in [0.2, 0.25) is 0 Å². The lowest BCUT2D eigenvalue weighted by Crippen LogP contribution is -2.29. The highest BCUT2D eigenvalue weighted by molar-refractivity contribution is 5.78. The van der Waals surface area contributed by atoms with Gasteiger partial charge in [-0.2, -0.15) is 5.26 Å². The summed E-state index contributed by atoms with van der Waals surface area (Å²) in [4.78, 5) is 20.0. The van der Waals surface area contributed by atoms with Gasteiger partial charge < -0.3 is 24.1 Å². The average Bonchev–Trinajstić information content (AvgIpc) is 2.78. The molecule has 1 atom stereocenters. The van der Waals surface area contributed by atoms with Gasteiger partial charge in [0.15, 0.2) is 6.29 Å². The summed E-state index contributed by atoms with van der Waals surface area (Å²) in [5.74, 6) is -1.38. The molecule has 31 heavy (non-hydrogen) atoms. The van der Waals surface area contributed by atoms with Crippen LogP contribution in [-0.4, -0.2) is 41.6 Å². The number of hydrogen-bond acceptors (Lipinski definition) is 8. The Balaban J connectivity index is 1.90. The maximum absolute atomic E-state index is 11.9. The molecular weight excluding hydrogens is 402 g/mol. The number of aliphatic carboxylic acids is 1. The molecule has 0 aliphatic rings. The summed E-state index contributed by atoms with van der Waals surface area (Å²) in [6, 6.07) is 16.8. The van der Waals surface area contributed by atoms with Crippen molar-refractivity contribution >= 4 is 5.97 Å². The minimum absolute atomic E-state index is 0.127. The predicted molar refractivity (Wildman–Crippen MR) is 108 cm³/mol. The number of nitriles is 1. The number of carboxylic acid groups (broad SMARTS) is 1. The van der Waals surface area contributed by atoms with Crippen LogP contribution in [0, 0.1) is 11.3 Å². The number of carbonyl (C=O) groups is 1. The van der Waals surface area contributed by atoms with E-state index in [0.717, 1.165) is 0 Å². The normalized spacial score (nSPS) is 11.5. The number of hydrogen-bond donors (Lipinski definition) is 1. The van der Waals surface area contributed by atoms with Gasteiger partial charge in [0.05, 0.1) is 11.6 Å². The molecule has 0 amide bonds. The van der Waals surface area contributed by atoms with E-state index >= 15 is 0 Å². The number of methoxy groups -OCH3 is 2. The molecule has 0 radical (unpaired) electrons. The van der Waals surface area contributed by atoms with Crippen molar-refractivity contribution in [3.8, 4) is 29.3 Å². The van der Waals surface area contributed by atoms with E-state index in [1.54, 1.807) is 48.5 Å². The van der Waals surface area contributed by atoms with Gasteiger partial charge in [0.25, 0.3) is 0 Å². The molecule has 3 aromatic rings. The predicted octanol–water partition coefficient (Wildman–Crippen LogP) is 3.72. The molecule has 1 aromatic heterocycles. The van der Waals surface area contributed by atoms with Gasteiger partial charge in [-0.05, 0) is 18.2 Å². The van der Waals surface area contributed by atoms with Gasteiger partial charge in [-0.15, -0.1) is 0 Å². The van der Waals surface area contributed by atoms with Crippen molar-refractivity contribution < 1.29 is 28.8 Å². The fraction of sp³-hybridized carbons (Fsp3) is 0.182. The van der Waals surface area contributed by atoms with Gasteiger partial charge in [-0.3, -0.25) is 4.79 Å². The van der Waals surface area contributed by atoms with E-state index in [0.29, 0.717) is 16.9 Å². The number of rotatable bonds is 9. The maximum Gasteiger partial charge on any atom is 0.316 e. The van der Waals surface area contributed by atoms with E-state index in [1.807, 2.05) is 6.07 Å². The van der Waals surface area contributed by atoms with Crippen LogP contribution >= 0.6 is 0 Å². The molecule has 0 bridgehead atoms. The summed E-state index contributed by atoms with van der Waals surface area (Å²) >= 11 is 0. The molecule has 1 N–H and O–H groups in total. The summed E-state index contributed by atoms with van der Waals surface area (Å²) < 4.78 is 21.8. The molecule has 2 aromatic carbocycles. The van der Waals surface area contributed by atoms with E-state index < -0.39 is 18.2 Å². The number of ether oxygens (including phenoxy) is 4. The Morgan fingerprint density at radius 2 is 1.55 bits per heavy atom. The van der Waals surface area contributed by atoms with Crippen LogP contribution in [0.4, 0.5) is 0 Å². The first kappa shape index (κ1) is 21.7. The Kier molecular flexibility index (Phi) is 7.11. The molecule has 9 heteroatoms. The van der Waals surface area contributed by atoms with Crippen LogP contribution in [0.15, 0.2) is 60.9 Å². The Morgan fingerprint density at radius 1 is 0.968 bits per heavy atom. The lowest BCUT2D eigenvalue weighted by molar-refractivity contribution is -0.160. The zero-order valence-electron chi connectivity index (χ0n) is 16.8. The smallest absolute Gasteiger partial charge is 0.316 e. The Morgan fingerprint density at radius 3 is 2.16 bits per heavy atom. The Bertz CT molecular complexity index is 1090. The van der Waals surface area contributed by atoms with Crippen LogP contribution in [0.1, 0.15) is 17.0 Å². The number of nitrogens with zero attached hydrogens (tertiary/aromatic N) is 3. The second kappa shape index (κ2) is 10.2. The highest BCUT2D eigenvalue weighted by Crippen LogP contribution is 2.34. The quantitative estimate of drug-likeness (QED) is 0.515. The van der Waals surface area contributed by atoms with Gasteiger partial charge in [-0.1, -0.05) is 30.3 Å². The van der Waals surface area contributed by atoms with E-state index in [9.17, 15) is 15.2 Å². The molecule has 3 rings (SSSR count). The Hall–Kier alpha value is -4.00. The van der Waals surface area contributed by atoms with Crippen molar-refractivity contribution in [1.29, 1.82) is 5.26 Å². The van der Waals surface area contributed by atoms with E-state index in [1.165, 1.54) is 26.6 Å². The lowest BCUT2D eigenvalue weighted by atomic mass is 9.97. The van der Waals surface area contributed by atoms with E-state index in [2.05, 4.69) is 9.97 Å². The number of para-hydroxylation sites is 2. The number of benzene rings is 2. The third-order valence-electron chi connectivity index (χ3n) is 4.31. The van der Waals surface area contributed by atoms with Gasteiger partial charge in [-0.25, -0.2) is 9.97 Å². The van der Waals surface area contributed by atoms with Crippen molar-refractivity contribution in [2.75, 3.05) is 14.2 Å². The molecule has 0 aliphatic heterocycles. The fourth-order valence-corrected chi connectivity index (χ4v) is 2.90. The first-order valence-corrected chi connectivity index (χ1v) is 9.11. The summed E-state index contributed by atoms with van der Waals surface area (Å²) in [7, 11) is 2.72. The van der Waals surface area contributed by atoms with Crippen molar-refractivity contribution in [3.05, 3.63) is 72.1 Å². The van der Waals surface area contributed by atoms with E-state index in [-0.39, 0.29) is 17.5 Å². The summed E-state index contributed by atoms with van der Waals surface area (Å²) in [6.07, 6.45) is 0.221. The van der Waals surface area contributed by atoms with Gasteiger partial charge in [0.2, 0.25) is 11.8 Å². The zero-order valence-corrected chi connectivity index (χ0v) is 16.8. The highest BCUT2D eigenvalue weighted by Gasteiger charge is 2.32. The SMILES string of the molecule is COC(OC)C(C(=O)O)c1ccccc1Oc1cc(Oc2ccccc2C#N)ncn1.